The molecule has 3 heteroatoms. The van der Waals surface area contributed by atoms with Crippen molar-refractivity contribution in [2.45, 2.75) is 32.6 Å². The van der Waals surface area contributed by atoms with Crippen molar-refractivity contribution in [3.63, 3.8) is 0 Å². The van der Waals surface area contributed by atoms with E-state index >= 15 is 0 Å². The van der Waals surface area contributed by atoms with Crippen molar-refractivity contribution in [1.82, 2.24) is 4.90 Å². The highest BCUT2D eigenvalue weighted by Gasteiger charge is 2.10. The van der Waals surface area contributed by atoms with E-state index in [4.69, 9.17) is 0 Å². The van der Waals surface area contributed by atoms with Gasteiger partial charge in [0, 0.05) is 19.6 Å². The van der Waals surface area contributed by atoms with Gasteiger partial charge in [-0.05, 0) is 12.8 Å². The maximum atomic E-state index is 4.33. The number of rotatable bonds is 4. The second-order valence-electron chi connectivity index (χ2n) is 3.23. The maximum Gasteiger partial charge on any atom is 0.156 e. The molecule has 2 nitrogen and oxygen atoms in total. The zero-order valence-corrected chi connectivity index (χ0v) is 8.69. The van der Waals surface area contributed by atoms with Crippen molar-refractivity contribution in [2.24, 2.45) is 4.99 Å². The fourth-order valence-corrected chi connectivity index (χ4v) is 1.71. The Morgan fingerprint density at radius 1 is 1.50 bits per heavy atom. The van der Waals surface area contributed by atoms with Gasteiger partial charge in [-0.2, -0.15) is 0 Å². The van der Waals surface area contributed by atoms with E-state index in [9.17, 15) is 0 Å². The molecule has 0 saturated heterocycles. The van der Waals surface area contributed by atoms with Gasteiger partial charge in [0.1, 0.15) is 0 Å². The van der Waals surface area contributed by atoms with Gasteiger partial charge >= 0.3 is 0 Å². The van der Waals surface area contributed by atoms with Gasteiger partial charge in [0.25, 0.3) is 0 Å². The molecule has 0 fully saturated rings. The first-order valence-electron chi connectivity index (χ1n) is 4.83. The molecule has 70 valence electrons. The van der Waals surface area contributed by atoms with Crippen molar-refractivity contribution < 1.29 is 0 Å². The Kier molecular flexibility index (Phi) is 4.51. The molecular formula is C9H18N2S. The Morgan fingerprint density at radius 2 is 2.33 bits per heavy atom. The first-order chi connectivity index (χ1) is 5.84. The lowest BCUT2D eigenvalue weighted by Gasteiger charge is -2.26. The lowest BCUT2D eigenvalue weighted by atomic mass is 10.2. The molecule has 1 heterocycles. The fourth-order valence-electron chi connectivity index (χ4n) is 1.41. The Labute approximate surface area is 80.5 Å². The minimum absolute atomic E-state index is 0.942. The highest BCUT2D eigenvalue weighted by molar-refractivity contribution is 7.96. The molecule has 0 N–H and O–H groups in total. The molecule has 0 aliphatic carbocycles. The van der Waals surface area contributed by atoms with Gasteiger partial charge in [-0.1, -0.05) is 19.8 Å². The van der Waals surface area contributed by atoms with Crippen molar-refractivity contribution in [3.8, 4) is 0 Å². The lowest BCUT2D eigenvalue weighted by Crippen LogP contribution is -2.33. The molecule has 0 aromatic carbocycles. The van der Waals surface area contributed by atoms with E-state index in [1.54, 1.807) is 0 Å². The quantitative estimate of drug-likeness (QED) is 0.525. The Hall–Kier alpha value is -0.180. The number of nitrogens with zero attached hydrogens (tertiary/aromatic N) is 2. The maximum absolute atomic E-state index is 4.33. The van der Waals surface area contributed by atoms with Crippen molar-refractivity contribution in [3.05, 3.63) is 0 Å². The number of hydrogen-bond acceptors (Lipinski definition) is 2. The summed E-state index contributed by atoms with van der Waals surface area (Å²) in [6.45, 7) is 5.47. The number of unbranched alkanes of at least 4 members (excludes halogenated alkanes) is 2. The molecule has 0 atom stereocenters. The van der Waals surface area contributed by atoms with Crippen LogP contribution in [0.25, 0.3) is 0 Å². The number of amidine groups is 1. The Bertz CT molecular complexity index is 157. The summed E-state index contributed by atoms with van der Waals surface area (Å²) in [5.41, 5.74) is 0. The van der Waals surface area contributed by atoms with Crippen molar-refractivity contribution in [1.29, 1.82) is 0 Å². The third-order valence-electron chi connectivity index (χ3n) is 2.15. The van der Waals surface area contributed by atoms with E-state index in [0.717, 1.165) is 24.8 Å². The molecule has 0 spiro atoms. The highest BCUT2D eigenvalue weighted by Crippen LogP contribution is 2.07. The largest absolute Gasteiger partial charge is 0.352 e. The summed E-state index contributed by atoms with van der Waals surface area (Å²) in [4.78, 5) is 6.58. The van der Waals surface area contributed by atoms with Gasteiger partial charge < -0.3 is 4.90 Å². The molecule has 12 heavy (non-hydrogen) atoms. The van der Waals surface area contributed by atoms with E-state index in [-0.39, 0.29) is 0 Å². The summed E-state index contributed by atoms with van der Waals surface area (Å²) in [5.74, 6) is 0. The van der Waals surface area contributed by atoms with Crippen LogP contribution in [-0.4, -0.2) is 29.7 Å². The summed E-state index contributed by atoms with van der Waals surface area (Å²) >= 11 is 4.33. The summed E-state index contributed by atoms with van der Waals surface area (Å²) in [7, 11) is 0. The van der Waals surface area contributed by atoms with Gasteiger partial charge in [-0.15, -0.1) is 12.6 Å². The second-order valence-corrected chi connectivity index (χ2v) is 3.63. The van der Waals surface area contributed by atoms with Crippen LogP contribution >= 0.6 is 12.6 Å². The molecule has 0 aromatic rings. The van der Waals surface area contributed by atoms with Crippen LogP contribution in [0.2, 0.25) is 0 Å². The minimum Gasteiger partial charge on any atom is -0.352 e. The normalized spacial score (nSPS) is 17.8. The molecule has 0 unspecified atom stereocenters. The van der Waals surface area contributed by atoms with E-state index < -0.39 is 0 Å². The van der Waals surface area contributed by atoms with E-state index in [0.29, 0.717) is 0 Å². The van der Waals surface area contributed by atoms with Crippen LogP contribution < -0.4 is 0 Å². The van der Waals surface area contributed by atoms with E-state index in [2.05, 4.69) is 29.4 Å². The topological polar surface area (TPSA) is 15.6 Å². The molecule has 0 saturated carbocycles. The summed E-state index contributed by atoms with van der Waals surface area (Å²) in [6.07, 6.45) is 5.07. The van der Waals surface area contributed by atoms with Crippen LogP contribution in [0.1, 0.15) is 32.6 Å². The molecule has 0 amide bonds. The monoisotopic (exact) mass is 186 g/mol. The Morgan fingerprint density at radius 3 is 3.00 bits per heavy atom. The summed E-state index contributed by atoms with van der Waals surface area (Å²) in [5, 5.41) is 0.942. The zero-order valence-electron chi connectivity index (χ0n) is 7.79. The van der Waals surface area contributed by atoms with Crippen LogP contribution in [-0.2, 0) is 0 Å². The lowest BCUT2D eigenvalue weighted by molar-refractivity contribution is 0.390. The van der Waals surface area contributed by atoms with Crippen LogP contribution in [0.4, 0.5) is 0 Å². The van der Waals surface area contributed by atoms with E-state index in [1.807, 2.05) is 0 Å². The standard InChI is InChI=1S/C9H18N2S/c1-2-3-4-7-11-8-5-6-10-9(11)12/h2-8H2,1H3,(H,10,12). The molecule has 1 aliphatic heterocycles. The van der Waals surface area contributed by atoms with Gasteiger partial charge in [0.15, 0.2) is 5.17 Å². The second kappa shape index (κ2) is 5.46. The van der Waals surface area contributed by atoms with Gasteiger partial charge in [0.2, 0.25) is 0 Å². The molecule has 0 radical (unpaired) electrons. The molecular weight excluding hydrogens is 168 g/mol. The van der Waals surface area contributed by atoms with Crippen LogP contribution in [0.3, 0.4) is 0 Å². The van der Waals surface area contributed by atoms with E-state index in [1.165, 1.54) is 25.7 Å². The smallest absolute Gasteiger partial charge is 0.156 e. The number of hydrogen-bond donors (Lipinski definition) is 1. The SMILES string of the molecule is CCCCCN1CCCN=C1S. The summed E-state index contributed by atoms with van der Waals surface area (Å²) in [6, 6.07) is 0. The first kappa shape index (κ1) is 9.90. The minimum atomic E-state index is 0.942. The number of thiol groups is 1. The fraction of sp³-hybridized carbons (Fsp3) is 0.889. The molecule has 1 rings (SSSR count). The average molecular weight is 186 g/mol. The van der Waals surface area contributed by atoms with Crippen LogP contribution in [0, 0.1) is 0 Å². The van der Waals surface area contributed by atoms with Crippen LogP contribution in [0.15, 0.2) is 4.99 Å². The third kappa shape index (κ3) is 3.05. The predicted octanol–water partition coefficient (Wildman–Crippen LogP) is 2.17. The molecule has 1 aliphatic rings. The third-order valence-corrected chi connectivity index (χ3v) is 2.58. The average Bonchev–Trinajstić information content (AvgIpc) is 2.09. The number of aliphatic imine (C=N–C) groups is 1. The first-order valence-corrected chi connectivity index (χ1v) is 5.27. The molecule has 0 bridgehead atoms. The summed E-state index contributed by atoms with van der Waals surface area (Å²) < 4.78 is 0. The predicted molar refractivity (Wildman–Crippen MR) is 57.0 cm³/mol. The van der Waals surface area contributed by atoms with Gasteiger partial charge in [-0.25, -0.2) is 0 Å². The Balaban J connectivity index is 2.21. The molecule has 0 aromatic heterocycles. The van der Waals surface area contributed by atoms with Crippen molar-refractivity contribution in [2.75, 3.05) is 19.6 Å². The highest BCUT2D eigenvalue weighted by atomic mass is 32.1. The van der Waals surface area contributed by atoms with Crippen LogP contribution in [0.5, 0.6) is 0 Å². The van der Waals surface area contributed by atoms with Crippen molar-refractivity contribution >= 4 is 17.8 Å². The zero-order chi connectivity index (χ0) is 8.81. The van der Waals surface area contributed by atoms with Gasteiger partial charge in [-0.3, -0.25) is 4.99 Å². The van der Waals surface area contributed by atoms with Gasteiger partial charge in [0.05, 0.1) is 0 Å².